The van der Waals surface area contributed by atoms with Crippen molar-refractivity contribution in [2.75, 3.05) is 19.3 Å². The van der Waals surface area contributed by atoms with Gasteiger partial charge >= 0.3 is 15.2 Å². The summed E-state index contributed by atoms with van der Waals surface area (Å²) in [6.45, 7) is 7.91. The summed E-state index contributed by atoms with van der Waals surface area (Å²) in [7, 11) is -8.44. The molecule has 0 amide bonds. The lowest BCUT2D eigenvalue weighted by molar-refractivity contribution is 0.0742. The van der Waals surface area contributed by atoms with E-state index < -0.39 is 26.4 Å². The van der Waals surface area contributed by atoms with E-state index in [9.17, 15) is 18.9 Å². The zero-order valence-electron chi connectivity index (χ0n) is 13.3. The molecule has 7 nitrogen and oxygen atoms in total. The summed E-state index contributed by atoms with van der Waals surface area (Å²) in [4.78, 5) is 39.3. The van der Waals surface area contributed by atoms with E-state index in [0.717, 1.165) is 0 Å². The van der Waals surface area contributed by atoms with Gasteiger partial charge in [0.05, 0.1) is 11.8 Å². The Morgan fingerprint density at radius 3 is 1.71 bits per heavy atom. The maximum Gasteiger partial charge on any atom is 0.330 e. The molecule has 128 valence electrons. The molecule has 0 aliphatic carbocycles. The molecule has 0 rings (SSSR count). The predicted octanol–water partition coefficient (Wildman–Crippen LogP) is 2.00. The molecule has 0 saturated carbocycles. The van der Waals surface area contributed by atoms with E-state index >= 15 is 0 Å². The number of rotatable bonds is 10. The largest absolute Gasteiger partial charge is 0.330 e. The third kappa shape index (κ3) is 5.76. The van der Waals surface area contributed by atoms with E-state index in [2.05, 4.69) is 0 Å². The highest BCUT2D eigenvalue weighted by molar-refractivity contribution is 7.52. The fourth-order valence-electron chi connectivity index (χ4n) is 3.26. The maximum absolute atomic E-state index is 11.9. The van der Waals surface area contributed by atoms with Crippen LogP contribution in [0.4, 0.5) is 0 Å². The minimum absolute atomic E-state index is 0.124. The lowest BCUT2D eigenvalue weighted by atomic mass is 9.85. The van der Waals surface area contributed by atoms with Crippen molar-refractivity contribution in [1.82, 2.24) is 4.90 Å². The van der Waals surface area contributed by atoms with Crippen molar-refractivity contribution in [3.05, 3.63) is 0 Å². The van der Waals surface area contributed by atoms with Gasteiger partial charge in [0.15, 0.2) is 0 Å². The van der Waals surface area contributed by atoms with Crippen molar-refractivity contribution >= 4 is 15.2 Å². The standard InChI is InChI=1S/C12H29NO6P2/c1-5-11(21(17,18)19)12(6-2,7-3)13(8-4)9-10-20(14,15)16/h11H,5-10H2,1-4H3,(H2,14,15,16)(H2,17,18,19). The molecule has 0 aromatic heterocycles. The number of nitrogens with zero attached hydrogens (tertiary/aromatic N) is 1. The Labute approximate surface area is 127 Å². The molecule has 0 bridgehead atoms. The van der Waals surface area contributed by atoms with E-state index in [4.69, 9.17) is 9.79 Å². The molecule has 1 atom stereocenters. The van der Waals surface area contributed by atoms with Crippen LogP contribution in [0.2, 0.25) is 0 Å². The molecule has 0 heterocycles. The molecule has 0 fully saturated rings. The van der Waals surface area contributed by atoms with Gasteiger partial charge in [0.2, 0.25) is 0 Å². The van der Waals surface area contributed by atoms with Crippen molar-refractivity contribution < 1.29 is 28.7 Å². The van der Waals surface area contributed by atoms with Gasteiger partial charge in [0.25, 0.3) is 0 Å². The van der Waals surface area contributed by atoms with Gasteiger partial charge in [-0.05, 0) is 25.8 Å². The van der Waals surface area contributed by atoms with Crippen LogP contribution in [-0.2, 0) is 9.13 Å². The van der Waals surface area contributed by atoms with Crippen molar-refractivity contribution in [2.45, 2.75) is 58.2 Å². The molecule has 1 unspecified atom stereocenters. The Bertz CT molecular complexity index is 401. The predicted molar refractivity (Wildman–Crippen MR) is 83.6 cm³/mol. The first kappa shape index (κ1) is 21.3. The third-order valence-corrected chi connectivity index (χ3v) is 6.75. The first-order valence-corrected chi connectivity index (χ1v) is 10.8. The molecule has 21 heavy (non-hydrogen) atoms. The van der Waals surface area contributed by atoms with Crippen molar-refractivity contribution in [2.24, 2.45) is 0 Å². The van der Waals surface area contributed by atoms with Gasteiger partial charge in [-0.25, -0.2) is 0 Å². The highest BCUT2D eigenvalue weighted by Crippen LogP contribution is 2.52. The maximum atomic E-state index is 11.9. The van der Waals surface area contributed by atoms with Crippen molar-refractivity contribution in [3.8, 4) is 0 Å². The molecule has 0 spiro atoms. The summed E-state index contributed by atoms with van der Waals surface area (Å²) in [5.74, 6) is 0. The monoisotopic (exact) mass is 345 g/mol. The topological polar surface area (TPSA) is 118 Å². The quantitative estimate of drug-likeness (QED) is 0.447. The van der Waals surface area contributed by atoms with Gasteiger partial charge in [-0.3, -0.25) is 14.0 Å². The molecular weight excluding hydrogens is 316 g/mol. The second kappa shape index (κ2) is 8.21. The average Bonchev–Trinajstić information content (AvgIpc) is 2.35. The van der Waals surface area contributed by atoms with Crippen LogP contribution < -0.4 is 0 Å². The Morgan fingerprint density at radius 1 is 1.00 bits per heavy atom. The molecule has 0 saturated heterocycles. The number of hydrogen-bond donors (Lipinski definition) is 4. The van der Waals surface area contributed by atoms with Gasteiger partial charge in [-0.2, -0.15) is 0 Å². The van der Waals surface area contributed by atoms with Gasteiger partial charge in [-0.1, -0.05) is 27.7 Å². The van der Waals surface area contributed by atoms with Gasteiger partial charge in [0.1, 0.15) is 0 Å². The highest BCUT2D eigenvalue weighted by atomic mass is 31.2. The zero-order chi connectivity index (χ0) is 16.9. The van der Waals surface area contributed by atoms with Gasteiger partial charge < -0.3 is 19.6 Å². The average molecular weight is 345 g/mol. The first-order valence-electron chi connectivity index (χ1n) is 7.33. The minimum Gasteiger partial charge on any atom is -0.324 e. The second-order valence-corrected chi connectivity index (χ2v) is 8.87. The summed E-state index contributed by atoms with van der Waals surface area (Å²) in [6.07, 6.45) is 1.04. The van der Waals surface area contributed by atoms with Crippen LogP contribution in [0.5, 0.6) is 0 Å². The highest BCUT2D eigenvalue weighted by Gasteiger charge is 2.48. The van der Waals surface area contributed by atoms with E-state index in [1.54, 1.807) is 6.92 Å². The van der Waals surface area contributed by atoms with E-state index in [1.165, 1.54) is 0 Å². The SMILES string of the molecule is CCC(C(CC)(CC)N(CC)CCP(=O)(O)O)P(=O)(O)O. The fraction of sp³-hybridized carbons (Fsp3) is 1.00. The normalized spacial score (nSPS) is 15.5. The van der Waals surface area contributed by atoms with Crippen LogP contribution in [0.3, 0.4) is 0 Å². The Kier molecular flexibility index (Phi) is 8.31. The molecule has 0 radical (unpaired) electrons. The van der Waals surface area contributed by atoms with Crippen LogP contribution >= 0.6 is 15.2 Å². The van der Waals surface area contributed by atoms with Crippen LogP contribution in [-0.4, -0.2) is 54.9 Å². The Hall–Kier alpha value is 0.260. The van der Waals surface area contributed by atoms with Crippen LogP contribution in [0.1, 0.15) is 47.0 Å². The summed E-state index contributed by atoms with van der Waals surface area (Å²) in [6, 6.07) is 0. The molecule has 0 aromatic rings. The first-order chi connectivity index (χ1) is 9.48. The summed E-state index contributed by atoms with van der Waals surface area (Å²) >= 11 is 0. The summed E-state index contributed by atoms with van der Waals surface area (Å²) in [5.41, 5.74) is -1.59. The lowest BCUT2D eigenvalue weighted by Gasteiger charge is -2.48. The number of hydrogen-bond acceptors (Lipinski definition) is 3. The molecular formula is C12H29NO6P2. The molecule has 0 aromatic carbocycles. The molecule has 4 N–H and O–H groups in total. The van der Waals surface area contributed by atoms with E-state index in [0.29, 0.717) is 25.8 Å². The van der Waals surface area contributed by atoms with E-state index in [1.807, 2.05) is 25.7 Å². The third-order valence-electron chi connectivity index (χ3n) is 4.31. The Morgan fingerprint density at radius 2 is 1.48 bits per heavy atom. The van der Waals surface area contributed by atoms with Crippen molar-refractivity contribution in [3.63, 3.8) is 0 Å². The minimum atomic E-state index is -4.30. The summed E-state index contributed by atoms with van der Waals surface area (Å²) < 4.78 is 23.0. The molecule has 0 aliphatic rings. The Balaban J connectivity index is 5.58. The molecule has 9 heteroatoms. The fourth-order valence-corrected chi connectivity index (χ4v) is 5.39. The summed E-state index contributed by atoms with van der Waals surface area (Å²) in [5, 5.41) is 0. The zero-order valence-corrected chi connectivity index (χ0v) is 15.1. The van der Waals surface area contributed by atoms with E-state index in [-0.39, 0.29) is 12.7 Å². The van der Waals surface area contributed by atoms with Crippen molar-refractivity contribution in [1.29, 1.82) is 0 Å². The molecule has 0 aliphatic heterocycles. The van der Waals surface area contributed by atoms with Crippen LogP contribution in [0, 0.1) is 0 Å². The van der Waals surface area contributed by atoms with Gasteiger partial charge in [0, 0.05) is 12.1 Å². The lowest BCUT2D eigenvalue weighted by Crippen LogP contribution is -2.56. The van der Waals surface area contributed by atoms with Crippen LogP contribution in [0.25, 0.3) is 0 Å². The van der Waals surface area contributed by atoms with Gasteiger partial charge in [-0.15, -0.1) is 0 Å². The smallest absolute Gasteiger partial charge is 0.324 e. The van der Waals surface area contributed by atoms with Crippen LogP contribution in [0.15, 0.2) is 0 Å². The second-order valence-electron chi connectivity index (χ2n) is 5.29.